The van der Waals surface area contributed by atoms with E-state index in [0.717, 1.165) is 47.3 Å². The van der Waals surface area contributed by atoms with Gasteiger partial charge in [0.2, 0.25) is 0 Å². The molecule has 3 rings (SSSR count). The lowest BCUT2D eigenvalue weighted by atomic mass is 9.56. The Morgan fingerprint density at radius 2 is 1.00 bits per heavy atom. The molecule has 0 saturated heterocycles. The maximum absolute atomic E-state index is 2.51. The molecule has 3 fully saturated rings. The monoisotopic (exact) mass is 192 g/mol. The van der Waals surface area contributed by atoms with Crippen LogP contribution in [0.4, 0.5) is 0 Å². The van der Waals surface area contributed by atoms with Gasteiger partial charge >= 0.3 is 0 Å². The molecule has 0 amide bonds. The predicted molar refractivity (Wildman–Crippen MR) is 59.9 cm³/mol. The van der Waals surface area contributed by atoms with Crippen LogP contribution in [0, 0.1) is 47.3 Å². The van der Waals surface area contributed by atoms with Crippen LogP contribution in [0.3, 0.4) is 0 Å². The van der Waals surface area contributed by atoms with Crippen LogP contribution in [-0.2, 0) is 0 Å². The molecule has 0 radical (unpaired) electrons. The highest BCUT2D eigenvalue weighted by Gasteiger charge is 2.61. The summed E-state index contributed by atoms with van der Waals surface area (Å²) in [4.78, 5) is 0. The molecule has 3 aliphatic rings. The van der Waals surface area contributed by atoms with Gasteiger partial charge in [-0.3, -0.25) is 0 Å². The Bertz CT molecular complexity index is 210. The van der Waals surface area contributed by atoms with Crippen molar-refractivity contribution in [3.05, 3.63) is 0 Å². The smallest absolute Gasteiger partial charge is 0.0323 e. The summed E-state index contributed by atoms with van der Waals surface area (Å²) < 4.78 is 0. The first-order valence-corrected chi connectivity index (χ1v) is 6.61. The zero-order valence-electron chi connectivity index (χ0n) is 10.0. The van der Waals surface area contributed by atoms with Crippen molar-refractivity contribution in [3.63, 3.8) is 0 Å². The van der Waals surface area contributed by atoms with Crippen molar-refractivity contribution < 1.29 is 0 Å². The third kappa shape index (κ3) is 0.907. The quantitative estimate of drug-likeness (QED) is 0.547. The second-order valence-corrected chi connectivity index (χ2v) is 6.63. The lowest BCUT2D eigenvalue weighted by Crippen LogP contribution is -2.44. The highest BCUT2D eigenvalue weighted by atomic mass is 14.7. The zero-order chi connectivity index (χ0) is 10.0. The first-order valence-electron chi connectivity index (χ1n) is 6.61. The Morgan fingerprint density at radius 3 is 1.36 bits per heavy atom. The summed E-state index contributed by atoms with van der Waals surface area (Å²) in [7, 11) is 0. The number of hydrogen-bond acceptors (Lipinski definition) is 0. The lowest BCUT2D eigenvalue weighted by Gasteiger charge is -2.49. The minimum absolute atomic E-state index is 1.01. The van der Waals surface area contributed by atoms with Crippen molar-refractivity contribution in [3.8, 4) is 0 Å². The van der Waals surface area contributed by atoms with E-state index in [1.165, 1.54) is 0 Å². The van der Waals surface area contributed by atoms with E-state index < -0.39 is 0 Å². The molecule has 0 aliphatic heterocycles. The Balaban J connectivity index is 1.83. The number of hydrogen-bond donors (Lipinski definition) is 0. The molecular formula is C14H24. The van der Waals surface area contributed by atoms with E-state index in [4.69, 9.17) is 0 Å². The van der Waals surface area contributed by atoms with Crippen LogP contribution in [-0.4, -0.2) is 0 Å². The number of fused-ring (bicyclic) bond motifs is 4. The highest BCUT2D eigenvalue weighted by molar-refractivity contribution is 5.09. The molecule has 0 spiro atoms. The average Bonchev–Trinajstić information content (AvgIpc) is 2.49. The topological polar surface area (TPSA) is 0 Å². The zero-order valence-corrected chi connectivity index (χ0v) is 10.0. The van der Waals surface area contributed by atoms with Crippen LogP contribution in [0.1, 0.15) is 40.5 Å². The van der Waals surface area contributed by atoms with Crippen LogP contribution in [0.5, 0.6) is 0 Å². The lowest BCUT2D eigenvalue weighted by molar-refractivity contribution is -0.0132. The van der Waals surface area contributed by atoms with Gasteiger partial charge in [0.25, 0.3) is 0 Å². The van der Waals surface area contributed by atoms with Crippen LogP contribution in [0.2, 0.25) is 0 Å². The summed E-state index contributed by atoms with van der Waals surface area (Å²) in [5.41, 5.74) is 0. The normalized spacial score (nSPS) is 66.0. The van der Waals surface area contributed by atoms with Crippen LogP contribution in [0.25, 0.3) is 0 Å². The molecular weight excluding hydrogens is 168 g/mol. The molecule has 0 nitrogen and oxygen atoms in total. The molecule has 14 heavy (non-hydrogen) atoms. The maximum Gasteiger partial charge on any atom is -0.0323 e. The Morgan fingerprint density at radius 1 is 0.643 bits per heavy atom. The number of rotatable bonds is 0. The third-order valence-electron chi connectivity index (χ3n) is 6.27. The summed E-state index contributed by atoms with van der Waals surface area (Å²) in [6.45, 7) is 9.98. The van der Waals surface area contributed by atoms with E-state index in [1.54, 1.807) is 12.8 Å². The average molecular weight is 192 g/mol. The Labute approximate surface area is 88.5 Å². The van der Waals surface area contributed by atoms with E-state index >= 15 is 0 Å². The summed E-state index contributed by atoms with van der Waals surface area (Å²) in [6, 6.07) is 0. The van der Waals surface area contributed by atoms with Crippen molar-refractivity contribution in [1.82, 2.24) is 0 Å². The van der Waals surface area contributed by atoms with Gasteiger partial charge in [0.15, 0.2) is 0 Å². The molecule has 80 valence electrons. The molecule has 0 aromatic heterocycles. The van der Waals surface area contributed by atoms with Gasteiger partial charge in [-0.05, 0) is 60.2 Å². The van der Waals surface area contributed by atoms with E-state index in [-0.39, 0.29) is 0 Å². The summed E-state index contributed by atoms with van der Waals surface area (Å²) in [5, 5.41) is 0. The molecule has 3 aliphatic carbocycles. The van der Waals surface area contributed by atoms with Crippen molar-refractivity contribution in [2.75, 3.05) is 0 Å². The molecule has 4 atom stereocenters. The van der Waals surface area contributed by atoms with Crippen LogP contribution < -0.4 is 0 Å². The van der Waals surface area contributed by atoms with Crippen molar-refractivity contribution in [2.45, 2.75) is 40.5 Å². The second-order valence-electron chi connectivity index (χ2n) is 6.63. The maximum atomic E-state index is 2.51. The summed E-state index contributed by atoms with van der Waals surface area (Å²) in [5.74, 6) is 8.59. The van der Waals surface area contributed by atoms with Gasteiger partial charge in [-0.2, -0.15) is 0 Å². The first-order chi connectivity index (χ1) is 6.61. The van der Waals surface area contributed by atoms with E-state index in [9.17, 15) is 0 Å². The fourth-order valence-corrected chi connectivity index (χ4v) is 5.24. The van der Waals surface area contributed by atoms with Crippen molar-refractivity contribution in [1.29, 1.82) is 0 Å². The molecule has 0 N–H and O–H groups in total. The summed E-state index contributed by atoms with van der Waals surface area (Å²) in [6.07, 6.45) is 3.09. The molecule has 0 heterocycles. The predicted octanol–water partition coefficient (Wildman–Crippen LogP) is 3.82. The molecule has 0 unspecified atom stereocenters. The van der Waals surface area contributed by atoms with Gasteiger partial charge in [0.1, 0.15) is 0 Å². The fraction of sp³-hybridized carbons (Fsp3) is 1.00. The summed E-state index contributed by atoms with van der Waals surface area (Å²) >= 11 is 0. The van der Waals surface area contributed by atoms with E-state index in [2.05, 4.69) is 27.7 Å². The molecule has 0 bridgehead atoms. The molecule has 3 saturated carbocycles. The highest BCUT2D eigenvalue weighted by Crippen LogP contribution is 2.67. The Kier molecular flexibility index (Phi) is 1.83. The Hall–Kier alpha value is 0. The second kappa shape index (κ2) is 2.77. The largest absolute Gasteiger partial charge is 0.0622 e. The van der Waals surface area contributed by atoms with Crippen LogP contribution in [0.15, 0.2) is 0 Å². The van der Waals surface area contributed by atoms with Crippen molar-refractivity contribution >= 4 is 0 Å². The van der Waals surface area contributed by atoms with E-state index in [0.29, 0.717) is 0 Å². The van der Waals surface area contributed by atoms with Crippen molar-refractivity contribution in [2.24, 2.45) is 47.3 Å². The van der Waals surface area contributed by atoms with Gasteiger partial charge in [-0.25, -0.2) is 0 Å². The SMILES string of the molecule is C[C@@H]1CC2C(C3C[C@@H](C)[C@@H](C)C23)[C@@H]1C. The van der Waals surface area contributed by atoms with Gasteiger partial charge < -0.3 is 0 Å². The molecule has 0 heteroatoms. The minimum atomic E-state index is 1.01. The minimum Gasteiger partial charge on any atom is -0.0622 e. The fourth-order valence-electron chi connectivity index (χ4n) is 5.24. The van der Waals surface area contributed by atoms with Gasteiger partial charge in [0, 0.05) is 0 Å². The van der Waals surface area contributed by atoms with Gasteiger partial charge in [-0.15, -0.1) is 0 Å². The van der Waals surface area contributed by atoms with Gasteiger partial charge in [-0.1, -0.05) is 27.7 Å². The first kappa shape index (κ1) is 9.24. The molecule has 0 aromatic carbocycles. The van der Waals surface area contributed by atoms with Gasteiger partial charge in [0.05, 0.1) is 0 Å². The standard InChI is InChI=1S/C14H24/c1-7-5-11-13(9(7)3)12-6-8(2)10(4)14(11)12/h7-14H,5-6H2,1-4H3/t7-,8-,9-,10-,11?,12?,13?,14?/m1/s1. The van der Waals surface area contributed by atoms with E-state index in [1.807, 2.05) is 0 Å². The van der Waals surface area contributed by atoms with Crippen LogP contribution >= 0.6 is 0 Å². The third-order valence-corrected chi connectivity index (χ3v) is 6.27. The molecule has 0 aromatic rings.